The molecule has 6 heteroatoms. The van der Waals surface area contributed by atoms with E-state index >= 15 is 0 Å². The largest absolute Gasteiger partial charge is 0.480 e. The molecule has 1 aliphatic heterocycles. The topological polar surface area (TPSA) is 49.8 Å². The van der Waals surface area contributed by atoms with Gasteiger partial charge in [-0.05, 0) is 36.6 Å². The summed E-state index contributed by atoms with van der Waals surface area (Å²) in [6.07, 6.45) is 1.55. The van der Waals surface area contributed by atoms with Crippen LogP contribution in [0.5, 0.6) is 0 Å². The van der Waals surface area contributed by atoms with Crippen LogP contribution in [-0.4, -0.2) is 41.8 Å². The van der Waals surface area contributed by atoms with E-state index in [0.29, 0.717) is 11.6 Å². The van der Waals surface area contributed by atoms with Crippen molar-refractivity contribution in [3.05, 3.63) is 34.6 Å². The second kappa shape index (κ2) is 7.02. The molecule has 20 heavy (non-hydrogen) atoms. The summed E-state index contributed by atoms with van der Waals surface area (Å²) in [5.74, 6) is -1.23. The number of ether oxygens (including phenoxy) is 1. The molecule has 0 aliphatic carbocycles. The van der Waals surface area contributed by atoms with Crippen LogP contribution < -0.4 is 0 Å². The summed E-state index contributed by atoms with van der Waals surface area (Å²) in [7, 11) is 0. The molecule has 4 nitrogen and oxygen atoms in total. The van der Waals surface area contributed by atoms with Crippen LogP contribution in [0, 0.1) is 5.82 Å². The van der Waals surface area contributed by atoms with Gasteiger partial charge in [0.1, 0.15) is 12.4 Å². The third kappa shape index (κ3) is 4.44. The van der Waals surface area contributed by atoms with Gasteiger partial charge in [0, 0.05) is 24.7 Å². The van der Waals surface area contributed by atoms with Crippen molar-refractivity contribution >= 4 is 17.6 Å². The minimum atomic E-state index is -0.945. The van der Waals surface area contributed by atoms with Crippen LogP contribution >= 0.6 is 11.6 Å². The normalized spacial score (nSPS) is 17.3. The minimum absolute atomic E-state index is 0.00895. The maximum absolute atomic E-state index is 13.2. The SMILES string of the molecule is O=C(O)COC1CCN(Cc2cc(F)ccc2Cl)CC1. The number of hydrogen-bond acceptors (Lipinski definition) is 3. The van der Waals surface area contributed by atoms with Crippen LogP contribution in [0.4, 0.5) is 4.39 Å². The van der Waals surface area contributed by atoms with E-state index in [-0.39, 0.29) is 18.5 Å². The molecular formula is C14H17ClFNO3. The van der Waals surface area contributed by atoms with Crippen molar-refractivity contribution in [2.45, 2.75) is 25.5 Å². The molecule has 2 rings (SSSR count). The zero-order valence-corrected chi connectivity index (χ0v) is 11.8. The lowest BCUT2D eigenvalue weighted by Gasteiger charge is -2.31. The molecule has 0 radical (unpaired) electrons. The maximum Gasteiger partial charge on any atom is 0.329 e. The first-order valence-electron chi connectivity index (χ1n) is 6.54. The van der Waals surface area contributed by atoms with Crippen molar-refractivity contribution in [1.82, 2.24) is 4.90 Å². The van der Waals surface area contributed by atoms with E-state index in [1.807, 2.05) is 0 Å². The molecule has 0 aromatic heterocycles. The highest BCUT2D eigenvalue weighted by atomic mass is 35.5. The molecule has 1 saturated heterocycles. The second-order valence-corrected chi connectivity index (χ2v) is 5.32. The molecule has 1 heterocycles. The monoisotopic (exact) mass is 301 g/mol. The summed E-state index contributed by atoms with van der Waals surface area (Å²) in [6, 6.07) is 4.36. The number of rotatable bonds is 5. The van der Waals surface area contributed by atoms with Gasteiger partial charge in [0.25, 0.3) is 0 Å². The number of halogens is 2. The second-order valence-electron chi connectivity index (χ2n) is 4.92. The van der Waals surface area contributed by atoms with Gasteiger partial charge in [-0.2, -0.15) is 0 Å². The lowest BCUT2D eigenvalue weighted by atomic mass is 10.1. The molecule has 1 aliphatic rings. The van der Waals surface area contributed by atoms with Crippen molar-refractivity contribution < 1.29 is 19.0 Å². The first kappa shape index (κ1) is 15.2. The van der Waals surface area contributed by atoms with Crippen molar-refractivity contribution in [3.63, 3.8) is 0 Å². The predicted molar refractivity (Wildman–Crippen MR) is 73.3 cm³/mol. The first-order chi connectivity index (χ1) is 9.54. The molecule has 1 fully saturated rings. The lowest BCUT2D eigenvalue weighted by molar-refractivity contribution is -0.145. The fraction of sp³-hybridized carbons (Fsp3) is 0.500. The van der Waals surface area contributed by atoms with Crippen LogP contribution in [-0.2, 0) is 16.1 Å². The predicted octanol–water partition coefficient (Wildman–Crippen LogP) is 2.54. The van der Waals surface area contributed by atoms with Gasteiger partial charge in [0.15, 0.2) is 0 Å². The van der Waals surface area contributed by atoms with Gasteiger partial charge in [0.05, 0.1) is 6.10 Å². The third-order valence-electron chi connectivity index (χ3n) is 3.38. The Hall–Kier alpha value is -1.17. The van der Waals surface area contributed by atoms with E-state index in [1.54, 1.807) is 6.07 Å². The Morgan fingerprint density at radius 1 is 1.45 bits per heavy atom. The summed E-state index contributed by atoms with van der Waals surface area (Å²) >= 11 is 6.05. The van der Waals surface area contributed by atoms with E-state index in [4.69, 9.17) is 21.4 Å². The zero-order valence-electron chi connectivity index (χ0n) is 11.0. The van der Waals surface area contributed by atoms with Crippen LogP contribution in [0.25, 0.3) is 0 Å². The Bertz CT molecular complexity index is 475. The number of carbonyl (C=O) groups is 1. The Morgan fingerprint density at radius 3 is 2.80 bits per heavy atom. The summed E-state index contributed by atoms with van der Waals surface area (Å²) in [5.41, 5.74) is 0.775. The Morgan fingerprint density at radius 2 is 2.15 bits per heavy atom. The number of piperidine rings is 1. The van der Waals surface area contributed by atoms with E-state index in [2.05, 4.69) is 4.90 Å². The van der Waals surface area contributed by atoms with Crippen LogP contribution in [0.15, 0.2) is 18.2 Å². The van der Waals surface area contributed by atoms with Gasteiger partial charge in [-0.15, -0.1) is 0 Å². The third-order valence-corrected chi connectivity index (χ3v) is 3.75. The van der Waals surface area contributed by atoms with E-state index in [1.165, 1.54) is 12.1 Å². The number of carboxylic acid groups (broad SMARTS) is 1. The smallest absolute Gasteiger partial charge is 0.329 e. The molecule has 0 amide bonds. The highest BCUT2D eigenvalue weighted by Crippen LogP contribution is 2.21. The number of likely N-dealkylation sites (tertiary alicyclic amines) is 1. The van der Waals surface area contributed by atoms with Crippen LogP contribution in [0.2, 0.25) is 5.02 Å². The zero-order chi connectivity index (χ0) is 14.5. The number of hydrogen-bond donors (Lipinski definition) is 1. The van der Waals surface area contributed by atoms with Crippen molar-refractivity contribution in [1.29, 1.82) is 0 Å². The van der Waals surface area contributed by atoms with Gasteiger partial charge in [0.2, 0.25) is 0 Å². The molecule has 1 aromatic rings. The standard InChI is InChI=1S/C14H17ClFNO3/c15-13-2-1-11(16)7-10(13)8-17-5-3-12(4-6-17)20-9-14(18)19/h1-2,7,12H,3-6,8-9H2,(H,18,19). The highest BCUT2D eigenvalue weighted by molar-refractivity contribution is 6.31. The molecule has 1 N–H and O–H groups in total. The van der Waals surface area contributed by atoms with Crippen molar-refractivity contribution in [2.75, 3.05) is 19.7 Å². The van der Waals surface area contributed by atoms with Gasteiger partial charge in [-0.1, -0.05) is 11.6 Å². The average molecular weight is 302 g/mol. The van der Waals surface area contributed by atoms with E-state index < -0.39 is 5.97 Å². The van der Waals surface area contributed by atoms with Gasteiger partial charge in [-0.3, -0.25) is 4.90 Å². The number of nitrogens with zero attached hydrogens (tertiary/aromatic N) is 1. The molecule has 110 valence electrons. The van der Waals surface area contributed by atoms with E-state index in [9.17, 15) is 9.18 Å². The fourth-order valence-corrected chi connectivity index (χ4v) is 2.51. The lowest BCUT2D eigenvalue weighted by Crippen LogP contribution is -2.37. The Kier molecular flexibility index (Phi) is 5.34. The first-order valence-corrected chi connectivity index (χ1v) is 6.92. The Balaban J connectivity index is 1.82. The quantitative estimate of drug-likeness (QED) is 0.908. The van der Waals surface area contributed by atoms with Crippen LogP contribution in [0.1, 0.15) is 18.4 Å². The molecule has 0 unspecified atom stereocenters. The molecule has 0 bridgehead atoms. The summed E-state index contributed by atoms with van der Waals surface area (Å²) in [6.45, 7) is 1.93. The van der Waals surface area contributed by atoms with Crippen molar-refractivity contribution in [2.24, 2.45) is 0 Å². The molecular weight excluding hydrogens is 285 g/mol. The van der Waals surface area contributed by atoms with Crippen LogP contribution in [0.3, 0.4) is 0 Å². The average Bonchev–Trinajstić information content (AvgIpc) is 2.42. The molecule has 0 saturated carbocycles. The maximum atomic E-state index is 13.2. The fourth-order valence-electron chi connectivity index (χ4n) is 2.33. The molecule has 0 atom stereocenters. The summed E-state index contributed by atoms with van der Waals surface area (Å²) < 4.78 is 18.5. The number of aliphatic carboxylic acids is 1. The van der Waals surface area contributed by atoms with Crippen molar-refractivity contribution in [3.8, 4) is 0 Å². The number of benzene rings is 1. The molecule has 1 aromatic carbocycles. The summed E-state index contributed by atoms with van der Waals surface area (Å²) in [4.78, 5) is 12.6. The molecule has 0 spiro atoms. The minimum Gasteiger partial charge on any atom is -0.480 e. The van der Waals surface area contributed by atoms with Gasteiger partial charge >= 0.3 is 5.97 Å². The number of carboxylic acids is 1. The highest BCUT2D eigenvalue weighted by Gasteiger charge is 2.21. The van der Waals surface area contributed by atoms with Gasteiger partial charge in [-0.25, -0.2) is 9.18 Å². The Labute approximate surface area is 122 Å². The van der Waals surface area contributed by atoms with E-state index in [0.717, 1.165) is 31.5 Å². The summed E-state index contributed by atoms with van der Waals surface area (Å²) in [5, 5.41) is 9.13. The van der Waals surface area contributed by atoms with Gasteiger partial charge < -0.3 is 9.84 Å².